The Hall–Kier alpha value is -3.42. The normalized spacial score (nSPS) is 19.6. The summed E-state index contributed by atoms with van der Waals surface area (Å²) in [6.07, 6.45) is 2.98. The molecule has 2 aliphatic rings. The number of nitriles is 1. The van der Waals surface area contributed by atoms with E-state index in [1.807, 2.05) is 39.0 Å². The van der Waals surface area contributed by atoms with E-state index in [4.69, 9.17) is 19.3 Å². The molecule has 2 fully saturated rings. The van der Waals surface area contributed by atoms with Gasteiger partial charge in [-0.3, -0.25) is 9.59 Å². The fourth-order valence-corrected chi connectivity index (χ4v) is 5.91. The van der Waals surface area contributed by atoms with Crippen molar-refractivity contribution >= 4 is 17.6 Å². The number of carbonyl (C=O) groups excluding carboxylic acids is 2. The topological polar surface area (TPSA) is 121 Å². The number of nitrogens with zero attached hydrogens (tertiary/aromatic N) is 4. The van der Waals surface area contributed by atoms with E-state index in [1.165, 1.54) is 0 Å². The molecule has 0 spiro atoms. The smallest absolute Gasteiger partial charge is 0.243 e. The molecule has 0 aliphatic carbocycles. The summed E-state index contributed by atoms with van der Waals surface area (Å²) in [5, 5.41) is 16.4. The van der Waals surface area contributed by atoms with Crippen molar-refractivity contribution in [1.82, 2.24) is 15.4 Å². The molecule has 3 unspecified atom stereocenters. The van der Waals surface area contributed by atoms with Gasteiger partial charge in [0.05, 0.1) is 17.7 Å². The van der Waals surface area contributed by atoms with Gasteiger partial charge < -0.3 is 29.1 Å². The largest absolute Gasteiger partial charge is 0.358 e. The quantitative estimate of drug-likeness (QED) is 0.440. The summed E-state index contributed by atoms with van der Waals surface area (Å²) in [5.41, 5.74) is 1.47. The number of hydrogen-bond acceptors (Lipinski definition) is 8. The molecule has 3 heterocycles. The average Bonchev–Trinajstić information content (AvgIpc) is 3.65. The van der Waals surface area contributed by atoms with Crippen LogP contribution in [0.3, 0.4) is 0 Å². The molecule has 1 aromatic carbocycles. The number of carbonyl (C=O) groups is 2. The molecular weight excluding hydrogens is 510 g/mol. The number of hydrogen-bond donors (Lipinski definition) is 1. The average molecular weight is 552 g/mol. The Balaban J connectivity index is 1.42. The minimum Gasteiger partial charge on any atom is -0.358 e. The van der Waals surface area contributed by atoms with Gasteiger partial charge in [-0.2, -0.15) is 5.26 Å². The van der Waals surface area contributed by atoms with Crippen molar-refractivity contribution < 1.29 is 23.6 Å². The highest BCUT2D eigenvalue weighted by Crippen LogP contribution is 2.34. The first kappa shape index (κ1) is 29.6. The van der Waals surface area contributed by atoms with Gasteiger partial charge in [-0.1, -0.05) is 31.1 Å². The van der Waals surface area contributed by atoms with Crippen LogP contribution in [0.2, 0.25) is 0 Å². The van der Waals surface area contributed by atoms with Crippen LogP contribution < -0.4 is 10.2 Å². The number of methoxy groups -OCH3 is 2. The van der Waals surface area contributed by atoms with Crippen LogP contribution in [-0.4, -0.2) is 68.1 Å². The fourth-order valence-electron chi connectivity index (χ4n) is 5.91. The SMILES string of the molecule is COC(OC)C1CCN(c2cc(C(C(=O)N3CCCC3C(=O)NC(C)c3ccc(C#N)cc3)C(C)C)on2)CC1. The minimum absolute atomic E-state index is 0.0370. The molecule has 2 aliphatic heterocycles. The number of piperidine rings is 1. The maximum absolute atomic E-state index is 13.9. The van der Waals surface area contributed by atoms with Gasteiger partial charge in [0.25, 0.3) is 0 Å². The predicted molar refractivity (Wildman–Crippen MR) is 149 cm³/mol. The number of anilines is 1. The van der Waals surface area contributed by atoms with Crippen molar-refractivity contribution in [2.24, 2.45) is 11.8 Å². The van der Waals surface area contributed by atoms with Crippen LogP contribution in [0.4, 0.5) is 5.82 Å². The van der Waals surface area contributed by atoms with E-state index in [2.05, 4.69) is 21.4 Å². The predicted octanol–water partition coefficient (Wildman–Crippen LogP) is 3.99. The Morgan fingerprint density at radius 1 is 1.07 bits per heavy atom. The molecule has 40 heavy (non-hydrogen) atoms. The van der Waals surface area contributed by atoms with Gasteiger partial charge in [0, 0.05) is 45.8 Å². The van der Waals surface area contributed by atoms with Gasteiger partial charge in [-0.05, 0) is 56.2 Å². The summed E-state index contributed by atoms with van der Waals surface area (Å²) in [5.74, 6) is 0.728. The molecule has 10 nitrogen and oxygen atoms in total. The van der Waals surface area contributed by atoms with Crippen LogP contribution in [0.5, 0.6) is 0 Å². The Bertz CT molecular complexity index is 1180. The summed E-state index contributed by atoms with van der Waals surface area (Å²) in [7, 11) is 3.33. The Labute approximate surface area is 236 Å². The molecule has 4 rings (SSSR count). The van der Waals surface area contributed by atoms with Crippen molar-refractivity contribution in [3.05, 3.63) is 47.2 Å². The van der Waals surface area contributed by atoms with Gasteiger partial charge in [-0.25, -0.2) is 0 Å². The van der Waals surface area contributed by atoms with Gasteiger partial charge in [-0.15, -0.1) is 0 Å². The van der Waals surface area contributed by atoms with Crippen molar-refractivity contribution in [1.29, 1.82) is 5.26 Å². The lowest BCUT2D eigenvalue weighted by Crippen LogP contribution is -2.48. The molecule has 1 N–H and O–H groups in total. The Morgan fingerprint density at radius 2 is 1.75 bits per heavy atom. The van der Waals surface area contributed by atoms with E-state index in [-0.39, 0.29) is 30.1 Å². The fraction of sp³-hybridized carbons (Fsp3) is 0.600. The third kappa shape index (κ3) is 6.48. The van der Waals surface area contributed by atoms with Crippen LogP contribution in [0, 0.1) is 23.2 Å². The lowest BCUT2D eigenvalue weighted by Gasteiger charge is -2.34. The number of nitrogens with one attached hydrogen (secondary N) is 1. The Kier molecular flexibility index (Phi) is 9.82. The zero-order chi connectivity index (χ0) is 28.8. The molecule has 1 aromatic heterocycles. The number of ether oxygens (including phenoxy) is 2. The first-order valence-corrected chi connectivity index (χ1v) is 14.1. The highest BCUT2D eigenvalue weighted by atomic mass is 16.7. The number of amides is 2. The summed E-state index contributed by atoms with van der Waals surface area (Å²) >= 11 is 0. The van der Waals surface area contributed by atoms with Crippen molar-refractivity contribution in [3.8, 4) is 6.07 Å². The molecule has 2 saturated heterocycles. The van der Waals surface area contributed by atoms with Crippen LogP contribution in [-0.2, 0) is 19.1 Å². The molecular formula is C30H41N5O5. The number of aromatic nitrogens is 1. The van der Waals surface area contributed by atoms with Crippen molar-refractivity contribution in [2.75, 3.05) is 38.8 Å². The zero-order valence-corrected chi connectivity index (χ0v) is 24.1. The first-order chi connectivity index (χ1) is 19.3. The highest BCUT2D eigenvalue weighted by molar-refractivity contribution is 5.91. The van der Waals surface area contributed by atoms with E-state index in [0.717, 1.165) is 43.7 Å². The number of likely N-dealkylation sites (tertiary alicyclic amines) is 1. The van der Waals surface area contributed by atoms with Crippen molar-refractivity contribution in [3.63, 3.8) is 0 Å². The van der Waals surface area contributed by atoms with E-state index < -0.39 is 12.0 Å². The third-order valence-electron chi connectivity index (χ3n) is 8.21. The van der Waals surface area contributed by atoms with Crippen LogP contribution in [0.25, 0.3) is 0 Å². The van der Waals surface area contributed by atoms with Crippen LogP contribution in [0.15, 0.2) is 34.9 Å². The lowest BCUT2D eigenvalue weighted by atomic mass is 9.91. The minimum atomic E-state index is -0.537. The van der Waals surface area contributed by atoms with Crippen molar-refractivity contribution in [2.45, 2.75) is 70.7 Å². The molecule has 10 heteroatoms. The molecule has 0 radical (unpaired) electrons. The van der Waals surface area contributed by atoms with Gasteiger partial charge in [0.2, 0.25) is 11.8 Å². The first-order valence-electron chi connectivity index (χ1n) is 14.1. The highest BCUT2D eigenvalue weighted by Gasteiger charge is 2.40. The zero-order valence-electron chi connectivity index (χ0n) is 24.1. The summed E-state index contributed by atoms with van der Waals surface area (Å²) in [6.45, 7) is 8.01. The molecule has 3 atom stereocenters. The maximum Gasteiger partial charge on any atom is 0.243 e. The molecule has 2 amide bonds. The standard InChI is InChI=1S/C30H41N5O5/c1-19(2)27(25-17-26(33-40-25)34-15-12-23(13-16-34)30(38-4)39-5)29(37)35-14-6-7-24(35)28(36)32-20(3)22-10-8-21(18-31)9-11-22/h8-11,17,19-20,23-24,27,30H,6-7,12-16H2,1-5H3,(H,32,36). The maximum atomic E-state index is 13.9. The van der Waals surface area contributed by atoms with Gasteiger partial charge >= 0.3 is 0 Å². The van der Waals surface area contributed by atoms with E-state index in [0.29, 0.717) is 30.2 Å². The van der Waals surface area contributed by atoms with Crippen LogP contribution in [0.1, 0.15) is 75.3 Å². The summed E-state index contributed by atoms with van der Waals surface area (Å²) in [6, 6.07) is 10.4. The molecule has 216 valence electrons. The van der Waals surface area contributed by atoms with Gasteiger partial charge in [0.1, 0.15) is 12.0 Å². The van der Waals surface area contributed by atoms with Gasteiger partial charge in [0.15, 0.2) is 17.9 Å². The molecule has 0 bridgehead atoms. The number of rotatable bonds is 10. The number of benzene rings is 1. The Morgan fingerprint density at radius 3 is 2.35 bits per heavy atom. The van der Waals surface area contributed by atoms with E-state index in [9.17, 15) is 9.59 Å². The molecule has 0 saturated carbocycles. The summed E-state index contributed by atoms with van der Waals surface area (Å²) in [4.78, 5) is 31.1. The lowest BCUT2D eigenvalue weighted by molar-refractivity contribution is -0.141. The second kappa shape index (κ2) is 13.3. The second-order valence-electron chi connectivity index (χ2n) is 11.1. The third-order valence-corrected chi connectivity index (χ3v) is 8.21. The monoisotopic (exact) mass is 551 g/mol. The van der Waals surface area contributed by atoms with E-state index >= 15 is 0 Å². The summed E-state index contributed by atoms with van der Waals surface area (Å²) < 4.78 is 16.6. The molecule has 2 aromatic rings. The second-order valence-corrected chi connectivity index (χ2v) is 11.1. The van der Waals surface area contributed by atoms with Crippen LogP contribution >= 0.6 is 0 Å². The van der Waals surface area contributed by atoms with E-state index in [1.54, 1.807) is 31.3 Å².